The van der Waals surface area contributed by atoms with E-state index < -0.39 is 11.6 Å². The molecule has 0 bridgehead atoms. The maximum absolute atomic E-state index is 13.8. The van der Waals surface area contributed by atoms with E-state index in [0.29, 0.717) is 26.0 Å². The summed E-state index contributed by atoms with van der Waals surface area (Å²) < 4.78 is 31.9. The molecule has 1 N–H and O–H groups in total. The Morgan fingerprint density at radius 1 is 1.43 bits per heavy atom. The lowest BCUT2D eigenvalue weighted by Crippen LogP contribution is -2.38. The van der Waals surface area contributed by atoms with Crippen LogP contribution in [0.15, 0.2) is 18.2 Å². The van der Waals surface area contributed by atoms with Crippen LogP contribution in [0.5, 0.6) is 0 Å². The summed E-state index contributed by atoms with van der Waals surface area (Å²) in [6.07, 6.45) is 0.993. The highest BCUT2D eigenvalue weighted by Crippen LogP contribution is 2.25. The minimum Gasteiger partial charge on any atom is -0.383 e. The van der Waals surface area contributed by atoms with Gasteiger partial charge >= 0.3 is 0 Å². The summed E-state index contributed by atoms with van der Waals surface area (Å²) in [5.41, 5.74) is 0.116. The van der Waals surface area contributed by atoms with Crippen LogP contribution in [0, 0.1) is 11.6 Å². The number of hydrogen-bond donors (Lipinski definition) is 1. The lowest BCUT2D eigenvalue weighted by atomic mass is 10.1. The van der Waals surface area contributed by atoms with Crippen molar-refractivity contribution in [1.82, 2.24) is 10.2 Å². The standard InChI is InChI=1S/C16H20F2N2O3/c1-23-8-7-19-14(21)9-12-5-6-15(22)20(12)10-11-3-2-4-13(17)16(11)18/h2-4,12H,5-10H2,1H3,(H,19,21). The Morgan fingerprint density at radius 2 is 2.22 bits per heavy atom. The van der Waals surface area contributed by atoms with Crippen molar-refractivity contribution in [2.45, 2.75) is 31.8 Å². The van der Waals surface area contributed by atoms with Crippen molar-refractivity contribution in [1.29, 1.82) is 0 Å². The van der Waals surface area contributed by atoms with Gasteiger partial charge in [0, 0.05) is 44.6 Å². The number of rotatable bonds is 7. The Morgan fingerprint density at radius 3 is 2.96 bits per heavy atom. The van der Waals surface area contributed by atoms with Gasteiger partial charge in [0.1, 0.15) is 0 Å². The third-order valence-corrected chi connectivity index (χ3v) is 3.87. The molecule has 1 saturated heterocycles. The first-order valence-electron chi connectivity index (χ1n) is 7.51. The van der Waals surface area contributed by atoms with Gasteiger partial charge in [0.15, 0.2) is 11.6 Å². The Balaban J connectivity index is 1.99. The van der Waals surface area contributed by atoms with Crippen LogP contribution in [0.3, 0.4) is 0 Å². The van der Waals surface area contributed by atoms with E-state index in [1.807, 2.05) is 0 Å². The van der Waals surface area contributed by atoms with Gasteiger partial charge in [-0.25, -0.2) is 8.78 Å². The molecule has 1 aromatic rings. The van der Waals surface area contributed by atoms with Crippen LogP contribution in [-0.2, 0) is 20.9 Å². The Labute approximate surface area is 133 Å². The molecule has 2 amide bonds. The number of methoxy groups -OCH3 is 1. The molecule has 0 radical (unpaired) electrons. The van der Waals surface area contributed by atoms with Crippen LogP contribution in [0.4, 0.5) is 8.78 Å². The number of hydrogen-bond acceptors (Lipinski definition) is 3. The van der Waals surface area contributed by atoms with E-state index in [-0.39, 0.29) is 36.4 Å². The molecule has 1 aromatic carbocycles. The first-order chi connectivity index (χ1) is 11.0. The van der Waals surface area contributed by atoms with Gasteiger partial charge in [-0.05, 0) is 12.5 Å². The molecular formula is C16H20F2N2O3. The Kier molecular flexibility index (Phi) is 6.04. The summed E-state index contributed by atoms with van der Waals surface area (Å²) in [5.74, 6) is -2.23. The molecule has 0 spiro atoms. The second-order valence-electron chi connectivity index (χ2n) is 5.47. The van der Waals surface area contributed by atoms with Gasteiger partial charge in [-0.3, -0.25) is 9.59 Å². The summed E-state index contributed by atoms with van der Waals surface area (Å²) >= 11 is 0. The van der Waals surface area contributed by atoms with Crippen molar-refractivity contribution in [3.05, 3.63) is 35.4 Å². The summed E-state index contributed by atoms with van der Waals surface area (Å²) in [4.78, 5) is 25.3. The molecule has 1 heterocycles. The molecule has 1 atom stereocenters. The van der Waals surface area contributed by atoms with Crippen LogP contribution >= 0.6 is 0 Å². The van der Waals surface area contributed by atoms with Gasteiger partial charge in [0.25, 0.3) is 0 Å². The number of carbonyl (C=O) groups is 2. The first kappa shape index (κ1) is 17.3. The molecule has 0 aliphatic carbocycles. The van der Waals surface area contributed by atoms with Crippen LogP contribution < -0.4 is 5.32 Å². The molecule has 1 unspecified atom stereocenters. The molecule has 1 aliphatic rings. The van der Waals surface area contributed by atoms with E-state index >= 15 is 0 Å². The zero-order chi connectivity index (χ0) is 16.8. The lowest BCUT2D eigenvalue weighted by molar-refractivity contribution is -0.130. The smallest absolute Gasteiger partial charge is 0.223 e. The summed E-state index contributed by atoms with van der Waals surface area (Å²) in [6, 6.07) is 3.58. The number of ether oxygens (including phenoxy) is 1. The number of amides is 2. The molecule has 7 heteroatoms. The van der Waals surface area contributed by atoms with E-state index in [0.717, 1.165) is 6.07 Å². The van der Waals surface area contributed by atoms with E-state index in [2.05, 4.69) is 5.32 Å². The van der Waals surface area contributed by atoms with Crippen LogP contribution in [0.25, 0.3) is 0 Å². The van der Waals surface area contributed by atoms with Crippen LogP contribution in [0.1, 0.15) is 24.8 Å². The zero-order valence-corrected chi connectivity index (χ0v) is 13.0. The average Bonchev–Trinajstić information content (AvgIpc) is 2.85. The molecule has 0 aromatic heterocycles. The first-order valence-corrected chi connectivity index (χ1v) is 7.51. The van der Waals surface area contributed by atoms with Gasteiger partial charge < -0.3 is 15.0 Å². The topological polar surface area (TPSA) is 58.6 Å². The van der Waals surface area contributed by atoms with Gasteiger partial charge in [-0.15, -0.1) is 0 Å². The molecular weight excluding hydrogens is 306 g/mol. The second-order valence-corrected chi connectivity index (χ2v) is 5.47. The number of likely N-dealkylation sites (tertiary alicyclic amines) is 1. The van der Waals surface area contributed by atoms with Crippen molar-refractivity contribution in [3.8, 4) is 0 Å². The highest BCUT2D eigenvalue weighted by atomic mass is 19.2. The highest BCUT2D eigenvalue weighted by Gasteiger charge is 2.33. The van der Waals surface area contributed by atoms with Gasteiger partial charge in [-0.2, -0.15) is 0 Å². The third-order valence-electron chi connectivity index (χ3n) is 3.87. The Bertz CT molecular complexity index is 580. The summed E-state index contributed by atoms with van der Waals surface area (Å²) in [7, 11) is 1.54. The predicted molar refractivity (Wildman–Crippen MR) is 79.4 cm³/mol. The largest absolute Gasteiger partial charge is 0.383 e. The highest BCUT2D eigenvalue weighted by molar-refractivity contribution is 5.82. The van der Waals surface area contributed by atoms with E-state index in [1.54, 1.807) is 0 Å². The number of halogens is 2. The number of nitrogens with one attached hydrogen (secondary N) is 1. The van der Waals surface area contributed by atoms with Crippen LogP contribution in [-0.4, -0.2) is 43.0 Å². The molecule has 5 nitrogen and oxygen atoms in total. The molecule has 1 aliphatic heterocycles. The lowest BCUT2D eigenvalue weighted by Gasteiger charge is -2.25. The van der Waals surface area contributed by atoms with E-state index in [4.69, 9.17) is 4.74 Å². The maximum Gasteiger partial charge on any atom is 0.223 e. The third kappa shape index (κ3) is 4.48. The zero-order valence-electron chi connectivity index (χ0n) is 13.0. The van der Waals surface area contributed by atoms with Gasteiger partial charge in [0.05, 0.1) is 6.61 Å². The molecule has 23 heavy (non-hydrogen) atoms. The molecule has 2 rings (SSSR count). The average molecular weight is 326 g/mol. The summed E-state index contributed by atoms with van der Waals surface area (Å²) in [5, 5.41) is 2.69. The van der Waals surface area contributed by atoms with Crippen molar-refractivity contribution < 1.29 is 23.1 Å². The second kappa shape index (κ2) is 8.01. The number of benzene rings is 1. The minimum absolute atomic E-state index is 0.0293. The van der Waals surface area contributed by atoms with Crippen molar-refractivity contribution >= 4 is 11.8 Å². The Hall–Kier alpha value is -2.02. The quantitative estimate of drug-likeness (QED) is 0.775. The molecule has 1 fully saturated rings. The van der Waals surface area contributed by atoms with Crippen molar-refractivity contribution in [2.24, 2.45) is 0 Å². The van der Waals surface area contributed by atoms with Crippen molar-refractivity contribution in [3.63, 3.8) is 0 Å². The summed E-state index contributed by atoms with van der Waals surface area (Å²) in [6.45, 7) is 0.778. The monoisotopic (exact) mass is 326 g/mol. The molecule has 0 saturated carbocycles. The number of nitrogens with zero attached hydrogens (tertiary/aromatic N) is 1. The fourth-order valence-electron chi connectivity index (χ4n) is 2.66. The predicted octanol–water partition coefficient (Wildman–Crippen LogP) is 1.61. The minimum atomic E-state index is -0.949. The SMILES string of the molecule is COCCNC(=O)CC1CCC(=O)N1Cc1cccc(F)c1F. The fraction of sp³-hybridized carbons (Fsp3) is 0.500. The molecule has 126 valence electrons. The number of carbonyl (C=O) groups excluding carboxylic acids is 2. The van der Waals surface area contributed by atoms with E-state index in [1.165, 1.54) is 24.1 Å². The van der Waals surface area contributed by atoms with Gasteiger partial charge in [0.2, 0.25) is 11.8 Å². The normalized spacial score (nSPS) is 17.6. The maximum atomic E-state index is 13.8. The fourth-order valence-corrected chi connectivity index (χ4v) is 2.66. The van der Waals surface area contributed by atoms with Crippen LogP contribution in [0.2, 0.25) is 0 Å². The van der Waals surface area contributed by atoms with Crippen molar-refractivity contribution in [2.75, 3.05) is 20.3 Å². The van der Waals surface area contributed by atoms with E-state index in [9.17, 15) is 18.4 Å². The van der Waals surface area contributed by atoms with Gasteiger partial charge in [-0.1, -0.05) is 12.1 Å².